The highest BCUT2D eigenvalue weighted by Crippen LogP contribution is 2.27. The minimum absolute atomic E-state index is 0.885. The number of nitrogens with zero attached hydrogens (tertiary/aromatic N) is 2. The number of aliphatic hydroxyl groups excluding tert-OH is 2. The highest BCUT2D eigenvalue weighted by atomic mass is 16.4. The van der Waals surface area contributed by atoms with Gasteiger partial charge in [0.1, 0.15) is 0 Å². The molecule has 1 heterocycles. The summed E-state index contributed by atoms with van der Waals surface area (Å²) in [5.41, 5.74) is 4.31. The van der Waals surface area contributed by atoms with Crippen molar-refractivity contribution in [1.29, 1.82) is 0 Å². The van der Waals surface area contributed by atoms with Gasteiger partial charge in [-0.2, -0.15) is 0 Å². The number of benzene rings is 1. The van der Waals surface area contributed by atoms with Crippen molar-refractivity contribution in [3.8, 4) is 0 Å². The summed E-state index contributed by atoms with van der Waals surface area (Å²) in [7, 11) is 0. The van der Waals surface area contributed by atoms with Crippen molar-refractivity contribution in [3.63, 3.8) is 0 Å². The molecule has 2 N–H and O–H groups in total. The minimum Gasteiger partial charge on any atom is -0.369 e. The lowest BCUT2D eigenvalue weighted by molar-refractivity contribution is 0.0422. The van der Waals surface area contributed by atoms with Crippen LogP contribution in [-0.4, -0.2) is 29.0 Å². The van der Waals surface area contributed by atoms with E-state index in [9.17, 15) is 10.2 Å². The molecule has 0 spiro atoms. The lowest BCUT2D eigenvalue weighted by Crippen LogP contribution is -2.36. The summed E-state index contributed by atoms with van der Waals surface area (Å²) in [5.74, 6) is 0. The van der Waals surface area contributed by atoms with Crippen molar-refractivity contribution in [3.05, 3.63) is 28.8 Å². The third-order valence-corrected chi connectivity index (χ3v) is 2.99. The Morgan fingerprint density at radius 2 is 1.69 bits per heavy atom. The molecule has 2 atom stereocenters. The van der Waals surface area contributed by atoms with Crippen LogP contribution in [0.25, 0.3) is 0 Å². The van der Waals surface area contributed by atoms with E-state index in [0.717, 1.165) is 16.8 Å². The Morgan fingerprint density at radius 1 is 1.06 bits per heavy atom. The van der Waals surface area contributed by atoms with Gasteiger partial charge >= 0.3 is 0 Å². The summed E-state index contributed by atoms with van der Waals surface area (Å²) in [5, 5.41) is 19.1. The Balaban J connectivity index is 2.42. The van der Waals surface area contributed by atoms with Gasteiger partial charge < -0.3 is 15.1 Å². The fourth-order valence-electron chi connectivity index (χ4n) is 1.86. The van der Waals surface area contributed by atoms with Crippen LogP contribution >= 0.6 is 0 Å². The quantitative estimate of drug-likeness (QED) is 0.745. The molecule has 1 aromatic rings. The van der Waals surface area contributed by atoms with Gasteiger partial charge in [0.25, 0.3) is 0 Å². The van der Waals surface area contributed by atoms with Crippen LogP contribution in [0.15, 0.2) is 17.1 Å². The van der Waals surface area contributed by atoms with E-state index >= 15 is 0 Å². The molecule has 2 unspecified atom stereocenters. The van der Waals surface area contributed by atoms with Crippen molar-refractivity contribution in [2.45, 2.75) is 33.2 Å². The second kappa shape index (κ2) is 3.88. The zero-order chi connectivity index (χ0) is 11.9. The van der Waals surface area contributed by atoms with Gasteiger partial charge in [-0.25, -0.2) is 4.99 Å². The average Bonchev–Trinajstić information content (AvgIpc) is 2.54. The molecular weight excluding hydrogens is 204 g/mol. The Labute approximate surface area is 94.9 Å². The largest absolute Gasteiger partial charge is 0.369 e. The molecule has 0 fully saturated rings. The van der Waals surface area contributed by atoms with Crippen LogP contribution in [0.4, 0.5) is 5.69 Å². The van der Waals surface area contributed by atoms with Crippen LogP contribution in [-0.2, 0) is 0 Å². The van der Waals surface area contributed by atoms with Crippen LogP contribution in [0.1, 0.15) is 16.7 Å². The summed E-state index contributed by atoms with van der Waals surface area (Å²) in [6.45, 7) is 6.05. The molecule has 0 aromatic heterocycles. The third kappa shape index (κ3) is 1.70. The summed E-state index contributed by atoms with van der Waals surface area (Å²) in [6.07, 6.45) is -0.561. The Kier molecular flexibility index (Phi) is 2.69. The predicted molar refractivity (Wildman–Crippen MR) is 63.6 cm³/mol. The van der Waals surface area contributed by atoms with Gasteiger partial charge in [-0.15, -0.1) is 0 Å². The van der Waals surface area contributed by atoms with E-state index in [0.29, 0.717) is 0 Å². The zero-order valence-electron chi connectivity index (χ0n) is 9.68. The fourth-order valence-corrected chi connectivity index (χ4v) is 1.86. The molecule has 86 valence electrons. The fraction of sp³-hybridized carbons (Fsp3) is 0.417. The van der Waals surface area contributed by atoms with E-state index in [-0.39, 0.29) is 0 Å². The van der Waals surface area contributed by atoms with Gasteiger partial charge in [-0.3, -0.25) is 0 Å². The minimum atomic E-state index is -1.05. The molecule has 0 radical (unpaired) electrons. The molecule has 0 saturated heterocycles. The molecule has 0 saturated carbocycles. The van der Waals surface area contributed by atoms with E-state index < -0.39 is 12.5 Å². The second-order valence-corrected chi connectivity index (χ2v) is 4.22. The van der Waals surface area contributed by atoms with Crippen LogP contribution in [0, 0.1) is 20.8 Å². The molecule has 4 heteroatoms. The van der Waals surface area contributed by atoms with E-state index in [1.54, 1.807) is 4.90 Å². The number of hydrogen-bond donors (Lipinski definition) is 2. The summed E-state index contributed by atoms with van der Waals surface area (Å²) in [4.78, 5) is 5.36. The van der Waals surface area contributed by atoms with E-state index in [1.165, 1.54) is 11.9 Å². The first kappa shape index (κ1) is 11.1. The van der Waals surface area contributed by atoms with Crippen molar-refractivity contribution in [2.75, 3.05) is 4.90 Å². The molecule has 1 aliphatic rings. The summed E-state index contributed by atoms with van der Waals surface area (Å²) in [6, 6.07) is 4.06. The van der Waals surface area contributed by atoms with Gasteiger partial charge in [-0.1, -0.05) is 6.07 Å². The maximum Gasteiger partial charge on any atom is 0.192 e. The number of anilines is 1. The first-order chi connectivity index (χ1) is 7.50. The number of aliphatic imine (C=N–C) groups is 1. The van der Waals surface area contributed by atoms with Crippen molar-refractivity contribution >= 4 is 12.0 Å². The van der Waals surface area contributed by atoms with Crippen molar-refractivity contribution in [2.24, 2.45) is 4.99 Å². The highest BCUT2D eigenvalue weighted by Gasteiger charge is 2.28. The molecule has 1 aromatic carbocycles. The van der Waals surface area contributed by atoms with Crippen molar-refractivity contribution in [1.82, 2.24) is 0 Å². The Hall–Kier alpha value is -1.39. The Morgan fingerprint density at radius 3 is 2.25 bits per heavy atom. The van der Waals surface area contributed by atoms with Crippen LogP contribution in [0.5, 0.6) is 0 Å². The topological polar surface area (TPSA) is 56.1 Å². The molecular formula is C12H16N2O2. The SMILES string of the molecule is Cc1cc(C)c(N2C=NC(O)C2O)cc1C. The molecule has 1 aliphatic heterocycles. The molecule has 2 rings (SSSR count). The molecule has 0 amide bonds. The maximum atomic E-state index is 9.75. The standard InChI is InChI=1S/C12H16N2O2/c1-7-4-9(3)10(5-8(7)2)14-6-13-11(15)12(14)16/h4-6,11-12,15-16H,1-3H3. The lowest BCUT2D eigenvalue weighted by Gasteiger charge is -2.23. The van der Waals surface area contributed by atoms with Crippen LogP contribution < -0.4 is 4.90 Å². The third-order valence-electron chi connectivity index (χ3n) is 2.99. The van der Waals surface area contributed by atoms with E-state index in [4.69, 9.17) is 0 Å². The summed E-state index contributed by atoms with van der Waals surface area (Å²) < 4.78 is 0. The monoisotopic (exact) mass is 220 g/mol. The smallest absolute Gasteiger partial charge is 0.192 e. The van der Waals surface area contributed by atoms with Gasteiger partial charge in [0.2, 0.25) is 0 Å². The number of hydrogen-bond acceptors (Lipinski definition) is 4. The number of rotatable bonds is 1. The Bertz CT molecular complexity index is 443. The molecule has 0 aliphatic carbocycles. The number of aryl methyl sites for hydroxylation is 3. The summed E-state index contributed by atoms with van der Waals surface area (Å²) >= 11 is 0. The highest BCUT2D eigenvalue weighted by molar-refractivity contribution is 5.83. The van der Waals surface area contributed by atoms with Gasteiger partial charge in [0.05, 0.1) is 6.34 Å². The first-order valence-electron chi connectivity index (χ1n) is 5.26. The van der Waals surface area contributed by atoms with Crippen molar-refractivity contribution < 1.29 is 10.2 Å². The van der Waals surface area contributed by atoms with E-state index in [2.05, 4.69) is 18.0 Å². The van der Waals surface area contributed by atoms with Crippen LogP contribution in [0.3, 0.4) is 0 Å². The second-order valence-electron chi connectivity index (χ2n) is 4.22. The zero-order valence-corrected chi connectivity index (χ0v) is 9.68. The molecule has 4 nitrogen and oxygen atoms in total. The first-order valence-corrected chi connectivity index (χ1v) is 5.26. The van der Waals surface area contributed by atoms with Gasteiger partial charge in [-0.05, 0) is 43.5 Å². The maximum absolute atomic E-state index is 9.75. The average molecular weight is 220 g/mol. The lowest BCUT2D eigenvalue weighted by atomic mass is 10.0. The van der Waals surface area contributed by atoms with E-state index in [1.807, 2.05) is 19.9 Å². The normalized spacial score (nSPS) is 24.2. The van der Waals surface area contributed by atoms with Crippen LogP contribution in [0.2, 0.25) is 0 Å². The van der Waals surface area contributed by atoms with Gasteiger partial charge in [0.15, 0.2) is 12.5 Å². The van der Waals surface area contributed by atoms with Gasteiger partial charge in [0, 0.05) is 5.69 Å². The molecule has 16 heavy (non-hydrogen) atoms. The number of aliphatic hydroxyl groups is 2. The predicted octanol–water partition coefficient (Wildman–Crippen LogP) is 1.10. The molecule has 0 bridgehead atoms.